The van der Waals surface area contributed by atoms with Crippen LogP contribution in [0.2, 0.25) is 0 Å². The summed E-state index contributed by atoms with van der Waals surface area (Å²) in [5.74, 6) is 0.302. The van der Waals surface area contributed by atoms with Crippen molar-refractivity contribution in [1.82, 2.24) is 14.9 Å². The standard InChI is InChI=1S/C28H28N6O4/c1-16-23(38-22-8-4-7-20(25(16)22)32-19-6-5-11-29-14-19)15-34(3)24(35)10-9-18-12-21-27(30-13-18)33-28(37)26(36)17(2)31-21/h4-14,17,26,31-32,36H,15H2,1-3H3,(H,30,33,37)/b10-9+/t17-,26+/m1/s1. The summed E-state index contributed by atoms with van der Waals surface area (Å²) in [5.41, 5.74) is 4.70. The first kappa shape index (κ1) is 25.0. The minimum atomic E-state index is -1.19. The Kier molecular flexibility index (Phi) is 6.80. The van der Waals surface area contributed by atoms with Crippen LogP contribution in [-0.2, 0) is 16.1 Å². The van der Waals surface area contributed by atoms with Crippen molar-refractivity contribution in [3.05, 3.63) is 78.0 Å². The highest BCUT2D eigenvalue weighted by Gasteiger charge is 2.28. The Bertz CT molecular complexity index is 1530. The van der Waals surface area contributed by atoms with E-state index in [9.17, 15) is 14.7 Å². The average Bonchev–Trinajstić information content (AvgIpc) is 3.18. The number of hydrogen-bond donors (Lipinski definition) is 4. The van der Waals surface area contributed by atoms with Gasteiger partial charge in [-0.05, 0) is 55.8 Å². The third kappa shape index (κ3) is 5.07. The molecule has 0 saturated carbocycles. The van der Waals surface area contributed by atoms with Crippen LogP contribution >= 0.6 is 0 Å². The summed E-state index contributed by atoms with van der Waals surface area (Å²) in [5, 5.41) is 20.0. The third-order valence-corrected chi connectivity index (χ3v) is 6.44. The van der Waals surface area contributed by atoms with E-state index in [1.165, 1.54) is 6.08 Å². The summed E-state index contributed by atoms with van der Waals surface area (Å²) < 4.78 is 6.12. The molecule has 10 heteroatoms. The number of aliphatic hydroxyl groups is 1. The smallest absolute Gasteiger partial charge is 0.256 e. The van der Waals surface area contributed by atoms with Gasteiger partial charge in [0.15, 0.2) is 11.9 Å². The van der Waals surface area contributed by atoms with Gasteiger partial charge in [-0.1, -0.05) is 6.07 Å². The van der Waals surface area contributed by atoms with E-state index in [4.69, 9.17) is 4.42 Å². The van der Waals surface area contributed by atoms with Gasteiger partial charge in [0.2, 0.25) is 5.91 Å². The van der Waals surface area contributed by atoms with E-state index in [0.29, 0.717) is 29.4 Å². The second-order valence-electron chi connectivity index (χ2n) is 9.26. The van der Waals surface area contributed by atoms with Crippen molar-refractivity contribution < 1.29 is 19.1 Å². The molecule has 1 aliphatic rings. The Labute approximate surface area is 219 Å². The van der Waals surface area contributed by atoms with Crippen LogP contribution in [0.15, 0.2) is 65.5 Å². The Hall–Kier alpha value is -4.70. The van der Waals surface area contributed by atoms with Crippen molar-refractivity contribution in [3.8, 4) is 0 Å². The lowest BCUT2D eigenvalue weighted by Gasteiger charge is -2.15. The summed E-state index contributed by atoms with van der Waals surface area (Å²) >= 11 is 0. The van der Waals surface area contributed by atoms with Crippen LogP contribution in [0.5, 0.6) is 0 Å². The zero-order valence-corrected chi connectivity index (χ0v) is 21.2. The van der Waals surface area contributed by atoms with Gasteiger partial charge >= 0.3 is 0 Å². The summed E-state index contributed by atoms with van der Waals surface area (Å²) in [4.78, 5) is 34.8. The number of aliphatic hydroxyl groups excluding tert-OH is 1. The molecule has 3 aromatic heterocycles. The van der Waals surface area contributed by atoms with E-state index in [-0.39, 0.29) is 5.91 Å². The summed E-state index contributed by atoms with van der Waals surface area (Å²) in [6.45, 7) is 3.98. The number of amides is 2. The molecule has 194 valence electrons. The van der Waals surface area contributed by atoms with Crippen LogP contribution in [0.1, 0.15) is 23.8 Å². The number of benzene rings is 1. The number of fused-ring (bicyclic) bond motifs is 2. The van der Waals surface area contributed by atoms with Crippen molar-refractivity contribution in [2.45, 2.75) is 32.5 Å². The molecule has 2 amide bonds. The molecule has 0 spiro atoms. The highest BCUT2D eigenvalue weighted by molar-refractivity contribution is 5.99. The van der Waals surface area contributed by atoms with Gasteiger partial charge in [-0.2, -0.15) is 0 Å². The molecule has 38 heavy (non-hydrogen) atoms. The van der Waals surface area contributed by atoms with Crippen LogP contribution in [0, 0.1) is 6.92 Å². The number of carbonyl (C=O) groups excluding carboxylic acids is 2. The fourth-order valence-electron chi connectivity index (χ4n) is 4.31. The van der Waals surface area contributed by atoms with Crippen molar-refractivity contribution in [2.75, 3.05) is 23.0 Å². The van der Waals surface area contributed by atoms with Crippen molar-refractivity contribution in [2.24, 2.45) is 0 Å². The van der Waals surface area contributed by atoms with E-state index in [1.54, 1.807) is 49.6 Å². The summed E-state index contributed by atoms with van der Waals surface area (Å²) in [7, 11) is 1.71. The van der Waals surface area contributed by atoms with Crippen molar-refractivity contribution in [3.63, 3.8) is 0 Å². The SMILES string of the molecule is Cc1c(CN(C)C(=O)/C=C/c2cnc3c(c2)N[C@H](C)[C@H](O)C(=O)N3)oc2cccc(Nc3cccnc3)c12. The van der Waals surface area contributed by atoms with E-state index >= 15 is 0 Å². The molecule has 0 bridgehead atoms. The van der Waals surface area contributed by atoms with E-state index in [1.807, 2.05) is 37.3 Å². The van der Waals surface area contributed by atoms with Crippen LogP contribution < -0.4 is 16.0 Å². The van der Waals surface area contributed by atoms with Gasteiger partial charge in [-0.25, -0.2) is 4.98 Å². The maximum atomic E-state index is 12.9. The molecule has 0 aliphatic carbocycles. The largest absolute Gasteiger partial charge is 0.459 e. The molecule has 1 aliphatic heterocycles. The lowest BCUT2D eigenvalue weighted by atomic mass is 10.1. The fourth-order valence-corrected chi connectivity index (χ4v) is 4.31. The molecule has 0 saturated heterocycles. The zero-order valence-electron chi connectivity index (χ0n) is 21.2. The van der Waals surface area contributed by atoms with Gasteiger partial charge in [0.05, 0.1) is 30.2 Å². The number of carbonyl (C=O) groups is 2. The molecular weight excluding hydrogens is 484 g/mol. The molecule has 0 radical (unpaired) electrons. The quantitative estimate of drug-likeness (QED) is 0.284. The first-order valence-electron chi connectivity index (χ1n) is 12.2. The molecule has 0 fully saturated rings. The number of anilines is 4. The third-order valence-electron chi connectivity index (χ3n) is 6.44. The maximum absolute atomic E-state index is 12.9. The van der Waals surface area contributed by atoms with Crippen LogP contribution in [0.25, 0.3) is 17.0 Å². The summed E-state index contributed by atoms with van der Waals surface area (Å²) in [6, 6.07) is 10.9. The minimum Gasteiger partial charge on any atom is -0.459 e. The maximum Gasteiger partial charge on any atom is 0.256 e. The Balaban J connectivity index is 1.30. The lowest BCUT2D eigenvalue weighted by molar-refractivity contribution is -0.125. The monoisotopic (exact) mass is 512 g/mol. The average molecular weight is 513 g/mol. The molecule has 4 heterocycles. The Morgan fingerprint density at radius 2 is 2.11 bits per heavy atom. The molecule has 1 aromatic carbocycles. The number of aryl methyl sites for hydroxylation is 1. The normalized spacial score (nSPS) is 17.0. The van der Waals surface area contributed by atoms with E-state index in [2.05, 4.69) is 25.9 Å². The van der Waals surface area contributed by atoms with E-state index in [0.717, 1.165) is 27.9 Å². The van der Waals surface area contributed by atoms with Crippen LogP contribution in [0.3, 0.4) is 0 Å². The molecule has 10 nitrogen and oxygen atoms in total. The van der Waals surface area contributed by atoms with Gasteiger partial charge in [0.25, 0.3) is 5.91 Å². The summed E-state index contributed by atoms with van der Waals surface area (Å²) in [6.07, 6.45) is 6.95. The number of likely N-dealkylation sites (N-methyl/N-ethyl adjacent to an activating group) is 1. The topological polar surface area (TPSA) is 133 Å². The molecule has 2 atom stereocenters. The lowest BCUT2D eigenvalue weighted by Crippen LogP contribution is -2.38. The Morgan fingerprint density at radius 3 is 2.89 bits per heavy atom. The molecule has 4 N–H and O–H groups in total. The molecular formula is C28H28N6O4. The van der Waals surface area contributed by atoms with Crippen LogP contribution in [0.4, 0.5) is 22.9 Å². The first-order valence-corrected chi connectivity index (χ1v) is 12.2. The fraction of sp³-hybridized carbons (Fsp3) is 0.214. The number of nitrogens with zero attached hydrogens (tertiary/aromatic N) is 3. The van der Waals surface area contributed by atoms with Crippen molar-refractivity contribution in [1.29, 1.82) is 0 Å². The van der Waals surface area contributed by atoms with Gasteiger partial charge < -0.3 is 30.4 Å². The van der Waals surface area contributed by atoms with Gasteiger partial charge in [-0.15, -0.1) is 0 Å². The second kappa shape index (κ2) is 10.3. The van der Waals surface area contributed by atoms with Gasteiger partial charge in [0, 0.05) is 42.2 Å². The predicted molar refractivity (Wildman–Crippen MR) is 146 cm³/mol. The van der Waals surface area contributed by atoms with Gasteiger partial charge in [0.1, 0.15) is 11.3 Å². The number of hydrogen-bond acceptors (Lipinski definition) is 8. The number of aromatic nitrogens is 2. The van der Waals surface area contributed by atoms with Crippen molar-refractivity contribution >= 4 is 51.7 Å². The predicted octanol–water partition coefficient (Wildman–Crippen LogP) is 4.06. The highest BCUT2D eigenvalue weighted by Crippen LogP contribution is 2.33. The number of furan rings is 1. The second-order valence-corrected chi connectivity index (χ2v) is 9.26. The number of nitrogens with one attached hydrogen (secondary N) is 3. The highest BCUT2D eigenvalue weighted by atomic mass is 16.3. The molecule has 5 rings (SSSR count). The van der Waals surface area contributed by atoms with E-state index < -0.39 is 18.1 Å². The molecule has 0 unspecified atom stereocenters. The minimum absolute atomic E-state index is 0.210. The first-order chi connectivity index (χ1) is 18.3. The number of pyridine rings is 2. The van der Waals surface area contributed by atoms with Gasteiger partial charge in [-0.3, -0.25) is 14.6 Å². The molecule has 4 aromatic rings. The zero-order chi connectivity index (χ0) is 26.8. The van der Waals surface area contributed by atoms with Crippen LogP contribution in [-0.4, -0.2) is 51.0 Å². The Morgan fingerprint density at radius 1 is 1.26 bits per heavy atom. The number of rotatable bonds is 6.